The lowest BCUT2D eigenvalue weighted by molar-refractivity contribution is -0.137. The van der Waals surface area contributed by atoms with E-state index in [0.717, 1.165) is 12.1 Å². The number of hydrogen-bond acceptors (Lipinski definition) is 3. The summed E-state index contributed by atoms with van der Waals surface area (Å²) in [6.07, 6.45) is -0.815. The van der Waals surface area contributed by atoms with Gasteiger partial charge in [0.25, 0.3) is 5.91 Å². The van der Waals surface area contributed by atoms with Gasteiger partial charge in [0, 0.05) is 24.0 Å². The van der Waals surface area contributed by atoms with E-state index in [4.69, 9.17) is 11.1 Å². The molecule has 8 heteroatoms. The number of nitrogens with two attached hydrogens (primary N) is 1. The van der Waals surface area contributed by atoms with Crippen LogP contribution in [0.2, 0.25) is 0 Å². The van der Waals surface area contributed by atoms with E-state index in [1.165, 1.54) is 36.7 Å². The van der Waals surface area contributed by atoms with Crippen molar-refractivity contribution in [2.75, 3.05) is 0 Å². The Kier molecular flexibility index (Phi) is 4.98. The second kappa shape index (κ2) is 6.95. The average molecular weight is 334 g/mol. The first-order valence-corrected chi connectivity index (χ1v) is 6.72. The molecule has 0 atom stereocenters. The fourth-order valence-electron chi connectivity index (χ4n) is 2.10. The summed E-state index contributed by atoms with van der Waals surface area (Å²) in [4.78, 5) is 15.7. The molecule has 1 aromatic carbocycles. The Bertz CT molecular complexity index is 785. The van der Waals surface area contributed by atoms with Crippen molar-refractivity contribution in [1.82, 2.24) is 10.3 Å². The molecule has 1 aromatic heterocycles. The Morgan fingerprint density at radius 1 is 1.21 bits per heavy atom. The van der Waals surface area contributed by atoms with Crippen molar-refractivity contribution >= 4 is 17.4 Å². The van der Waals surface area contributed by atoms with E-state index in [1.807, 2.05) is 5.32 Å². The molecule has 4 N–H and O–H groups in total. The summed E-state index contributed by atoms with van der Waals surface area (Å²) in [7, 11) is 0. The van der Waals surface area contributed by atoms with Crippen LogP contribution in [0.3, 0.4) is 0 Å². The fourth-order valence-corrected chi connectivity index (χ4v) is 2.10. The first kappa shape index (κ1) is 17.2. The van der Waals surface area contributed by atoms with Gasteiger partial charge >= 0.3 is 6.18 Å². The molecule has 0 bridgehead atoms. The third kappa shape index (κ3) is 4.19. The van der Waals surface area contributed by atoms with Gasteiger partial charge in [0.2, 0.25) is 0 Å². The number of hydrogen-bond donors (Lipinski definition) is 3. The van der Waals surface area contributed by atoms with Crippen LogP contribution in [0.25, 0.3) is 5.57 Å². The van der Waals surface area contributed by atoms with Crippen LogP contribution >= 0.6 is 0 Å². The van der Waals surface area contributed by atoms with E-state index in [1.54, 1.807) is 6.07 Å². The summed E-state index contributed by atoms with van der Waals surface area (Å²) in [5, 5.41) is 9.06. The number of amides is 1. The minimum atomic E-state index is -4.59. The van der Waals surface area contributed by atoms with Gasteiger partial charge in [-0.25, -0.2) is 0 Å². The van der Waals surface area contributed by atoms with Gasteiger partial charge in [-0.2, -0.15) is 13.2 Å². The van der Waals surface area contributed by atoms with Crippen LogP contribution in [0.4, 0.5) is 13.2 Å². The number of halogens is 3. The quantitative estimate of drug-likeness (QED) is 0.457. The van der Waals surface area contributed by atoms with Crippen LogP contribution in [0.5, 0.6) is 0 Å². The Morgan fingerprint density at radius 2 is 1.92 bits per heavy atom. The number of nitrogens with one attached hydrogen (secondary N) is 2. The second-order valence-corrected chi connectivity index (χ2v) is 4.75. The Labute approximate surface area is 135 Å². The third-order valence-electron chi connectivity index (χ3n) is 3.03. The maximum Gasteiger partial charge on any atom is 0.417 e. The molecule has 2 aromatic rings. The highest BCUT2D eigenvalue weighted by molar-refractivity contribution is 6.06. The van der Waals surface area contributed by atoms with E-state index >= 15 is 0 Å². The van der Waals surface area contributed by atoms with Crippen molar-refractivity contribution in [3.05, 3.63) is 71.6 Å². The zero-order valence-electron chi connectivity index (χ0n) is 12.3. The van der Waals surface area contributed by atoms with E-state index < -0.39 is 23.6 Å². The number of nitrogens with zero attached hydrogens (tertiary/aromatic N) is 1. The largest absolute Gasteiger partial charge is 0.417 e. The number of guanidine groups is 1. The van der Waals surface area contributed by atoms with Gasteiger partial charge in [-0.05, 0) is 23.3 Å². The highest BCUT2D eigenvalue weighted by Gasteiger charge is 2.34. The van der Waals surface area contributed by atoms with Crippen molar-refractivity contribution in [1.29, 1.82) is 5.41 Å². The predicted octanol–water partition coefficient (Wildman–Crippen LogP) is 2.54. The molecule has 24 heavy (non-hydrogen) atoms. The summed E-state index contributed by atoms with van der Waals surface area (Å²) in [5.74, 6) is -1.41. The first-order valence-electron chi connectivity index (χ1n) is 6.72. The molecule has 0 saturated heterocycles. The highest BCUT2D eigenvalue weighted by Crippen LogP contribution is 2.36. The molecular weight excluding hydrogens is 321 g/mol. The van der Waals surface area contributed by atoms with Crippen molar-refractivity contribution in [2.24, 2.45) is 5.73 Å². The van der Waals surface area contributed by atoms with E-state index in [0.29, 0.717) is 5.56 Å². The molecule has 0 fully saturated rings. The van der Waals surface area contributed by atoms with Crippen LogP contribution in [0, 0.1) is 5.41 Å². The lowest BCUT2D eigenvalue weighted by Gasteiger charge is -2.15. The van der Waals surface area contributed by atoms with Crippen molar-refractivity contribution in [3.8, 4) is 0 Å². The maximum absolute atomic E-state index is 13.3. The minimum absolute atomic E-state index is 0.0229. The number of rotatable bonds is 3. The molecule has 0 saturated carbocycles. The maximum atomic E-state index is 13.3. The summed E-state index contributed by atoms with van der Waals surface area (Å²) in [6.45, 7) is 0. The number of pyridine rings is 1. The minimum Gasteiger partial charge on any atom is -0.370 e. The number of carbonyl (C=O) groups is 1. The Hall–Kier alpha value is -3.16. The number of carbonyl (C=O) groups excluding carboxylic acids is 1. The van der Waals surface area contributed by atoms with Crippen LogP contribution in [0.1, 0.15) is 16.7 Å². The van der Waals surface area contributed by atoms with Gasteiger partial charge in [0.15, 0.2) is 5.96 Å². The van der Waals surface area contributed by atoms with E-state index in [9.17, 15) is 18.0 Å². The summed E-state index contributed by atoms with van der Waals surface area (Å²) in [6, 6.07) is 7.99. The normalized spacial score (nSPS) is 11.9. The van der Waals surface area contributed by atoms with Gasteiger partial charge in [-0.1, -0.05) is 24.3 Å². The summed E-state index contributed by atoms with van der Waals surface area (Å²) in [5.41, 5.74) is 4.38. The molecule has 1 heterocycles. The van der Waals surface area contributed by atoms with E-state index in [2.05, 4.69) is 4.98 Å². The molecule has 0 spiro atoms. The molecule has 0 radical (unpaired) electrons. The molecule has 0 aliphatic rings. The number of aromatic nitrogens is 1. The van der Waals surface area contributed by atoms with Crippen LogP contribution in [0.15, 0.2) is 54.9 Å². The van der Waals surface area contributed by atoms with Gasteiger partial charge in [-0.3, -0.25) is 20.5 Å². The number of benzene rings is 1. The smallest absolute Gasteiger partial charge is 0.370 e. The number of alkyl halides is 3. The molecular formula is C16H13F3N4O. The molecule has 5 nitrogen and oxygen atoms in total. The van der Waals surface area contributed by atoms with Crippen LogP contribution in [-0.4, -0.2) is 16.9 Å². The van der Waals surface area contributed by atoms with Crippen molar-refractivity contribution in [3.63, 3.8) is 0 Å². The Morgan fingerprint density at radius 3 is 2.50 bits per heavy atom. The molecule has 124 valence electrons. The molecule has 0 unspecified atom stereocenters. The topological polar surface area (TPSA) is 91.9 Å². The standard InChI is InChI=1S/C16H13F3N4O/c17-16(18,19)13-6-2-1-5-11(13)12(8-14(24)23-15(20)21)10-4-3-7-22-9-10/h1-9H,(H4,20,21,23,24)/b12-8+. The predicted molar refractivity (Wildman–Crippen MR) is 82.8 cm³/mol. The van der Waals surface area contributed by atoms with Gasteiger partial charge in [0.05, 0.1) is 5.56 Å². The third-order valence-corrected chi connectivity index (χ3v) is 3.03. The van der Waals surface area contributed by atoms with Crippen LogP contribution < -0.4 is 11.1 Å². The zero-order valence-corrected chi connectivity index (χ0v) is 12.3. The SMILES string of the molecule is N=C(N)NC(=O)/C=C(\c1cccnc1)c1ccccc1C(F)(F)F. The van der Waals surface area contributed by atoms with Crippen molar-refractivity contribution in [2.45, 2.75) is 6.18 Å². The van der Waals surface area contributed by atoms with Crippen LogP contribution in [-0.2, 0) is 11.0 Å². The Balaban J connectivity index is 2.63. The molecule has 1 amide bonds. The van der Waals surface area contributed by atoms with E-state index in [-0.39, 0.29) is 11.1 Å². The average Bonchev–Trinajstić information content (AvgIpc) is 2.52. The lowest BCUT2D eigenvalue weighted by atomic mass is 9.94. The van der Waals surface area contributed by atoms with Crippen molar-refractivity contribution < 1.29 is 18.0 Å². The van der Waals surface area contributed by atoms with Gasteiger partial charge in [0.1, 0.15) is 0 Å². The van der Waals surface area contributed by atoms with Gasteiger partial charge in [-0.15, -0.1) is 0 Å². The highest BCUT2D eigenvalue weighted by atomic mass is 19.4. The molecule has 2 rings (SSSR count). The van der Waals surface area contributed by atoms with Gasteiger partial charge < -0.3 is 5.73 Å². The monoisotopic (exact) mass is 334 g/mol. The second-order valence-electron chi connectivity index (χ2n) is 4.75. The summed E-state index contributed by atoms with van der Waals surface area (Å²) < 4.78 is 39.8. The summed E-state index contributed by atoms with van der Waals surface area (Å²) >= 11 is 0. The molecule has 0 aliphatic carbocycles. The molecule has 0 aliphatic heterocycles. The lowest BCUT2D eigenvalue weighted by Crippen LogP contribution is -2.34. The first-order chi connectivity index (χ1) is 11.3. The fraction of sp³-hybridized carbons (Fsp3) is 0.0625. The zero-order chi connectivity index (χ0) is 17.7.